The number of thiazole rings is 1. The molecule has 1 aromatic heterocycles. The van der Waals surface area contributed by atoms with Crippen LogP contribution in [0.2, 0.25) is 5.02 Å². The molecule has 5 nitrogen and oxygen atoms in total. The van der Waals surface area contributed by atoms with Crippen molar-refractivity contribution in [3.63, 3.8) is 0 Å². The van der Waals surface area contributed by atoms with Gasteiger partial charge in [0.15, 0.2) is 5.13 Å². The maximum Gasteiger partial charge on any atom is 0.251 e. The molecule has 2 N–H and O–H groups in total. The lowest BCUT2D eigenvalue weighted by atomic mass is 10.1. The molecule has 7 heteroatoms. The van der Waals surface area contributed by atoms with Gasteiger partial charge in [-0.25, -0.2) is 4.98 Å². The number of anilines is 1. The SMILES string of the molecule is O=C(CCCNC(=O)c1ccc(Cl)cc1)Nc1ncc(Cc2ccccc2)s1. The average molecular weight is 414 g/mol. The highest BCUT2D eigenvalue weighted by Gasteiger charge is 2.08. The Balaban J connectivity index is 1.37. The van der Waals surface area contributed by atoms with Crippen molar-refractivity contribution in [2.75, 3.05) is 11.9 Å². The number of hydrogen-bond donors (Lipinski definition) is 2. The number of carbonyl (C=O) groups excluding carboxylic acids is 2. The van der Waals surface area contributed by atoms with E-state index in [9.17, 15) is 9.59 Å². The highest BCUT2D eigenvalue weighted by Crippen LogP contribution is 2.21. The maximum atomic E-state index is 12.1. The first-order valence-electron chi connectivity index (χ1n) is 8.92. The summed E-state index contributed by atoms with van der Waals surface area (Å²) in [5.41, 5.74) is 1.75. The van der Waals surface area contributed by atoms with Crippen LogP contribution in [0.3, 0.4) is 0 Å². The van der Waals surface area contributed by atoms with E-state index < -0.39 is 0 Å². The summed E-state index contributed by atoms with van der Waals surface area (Å²) in [7, 11) is 0. The summed E-state index contributed by atoms with van der Waals surface area (Å²) in [6.07, 6.45) is 3.45. The molecule has 0 aliphatic rings. The molecule has 1 heterocycles. The van der Waals surface area contributed by atoms with Gasteiger partial charge in [0.1, 0.15) is 0 Å². The van der Waals surface area contributed by atoms with Crippen molar-refractivity contribution in [2.45, 2.75) is 19.3 Å². The summed E-state index contributed by atoms with van der Waals surface area (Å²) in [4.78, 5) is 29.4. The van der Waals surface area contributed by atoms with Crippen LogP contribution in [0.4, 0.5) is 5.13 Å². The molecular formula is C21H20ClN3O2S. The van der Waals surface area contributed by atoms with E-state index in [1.807, 2.05) is 18.2 Å². The Labute approximate surface area is 172 Å². The summed E-state index contributed by atoms with van der Waals surface area (Å²) >= 11 is 7.28. The van der Waals surface area contributed by atoms with Crippen LogP contribution in [-0.4, -0.2) is 23.3 Å². The molecule has 0 bridgehead atoms. The van der Waals surface area contributed by atoms with E-state index >= 15 is 0 Å². The van der Waals surface area contributed by atoms with Crippen LogP contribution in [-0.2, 0) is 11.2 Å². The van der Waals surface area contributed by atoms with E-state index in [1.165, 1.54) is 16.9 Å². The molecule has 2 aromatic carbocycles. The zero-order chi connectivity index (χ0) is 19.8. The summed E-state index contributed by atoms with van der Waals surface area (Å²) < 4.78 is 0. The molecule has 0 aliphatic carbocycles. The summed E-state index contributed by atoms with van der Waals surface area (Å²) in [6.45, 7) is 0.423. The van der Waals surface area contributed by atoms with Gasteiger partial charge in [-0.1, -0.05) is 41.9 Å². The molecule has 0 aliphatic heterocycles. The Morgan fingerprint density at radius 1 is 1.04 bits per heavy atom. The first kappa shape index (κ1) is 20.0. The summed E-state index contributed by atoms with van der Waals surface area (Å²) in [5.74, 6) is -0.288. The number of aromatic nitrogens is 1. The Morgan fingerprint density at radius 3 is 2.54 bits per heavy atom. The molecule has 0 spiro atoms. The van der Waals surface area contributed by atoms with Crippen LogP contribution in [0.15, 0.2) is 60.8 Å². The van der Waals surface area contributed by atoms with Crippen molar-refractivity contribution >= 4 is 39.9 Å². The number of benzene rings is 2. The summed E-state index contributed by atoms with van der Waals surface area (Å²) in [5, 5.41) is 6.79. The number of halogens is 1. The minimum Gasteiger partial charge on any atom is -0.352 e. The first-order chi connectivity index (χ1) is 13.6. The third-order valence-electron chi connectivity index (χ3n) is 3.99. The van der Waals surface area contributed by atoms with Crippen LogP contribution >= 0.6 is 22.9 Å². The van der Waals surface area contributed by atoms with Crippen LogP contribution in [0.1, 0.15) is 33.6 Å². The monoisotopic (exact) mass is 413 g/mol. The smallest absolute Gasteiger partial charge is 0.251 e. The maximum absolute atomic E-state index is 12.1. The first-order valence-corrected chi connectivity index (χ1v) is 10.1. The standard InChI is InChI=1S/C21H20ClN3O2S/c22-17-10-8-16(9-11-17)20(27)23-12-4-7-19(26)25-21-24-14-18(28-21)13-15-5-2-1-3-6-15/h1-3,5-6,8-11,14H,4,7,12-13H2,(H,23,27)(H,24,25,26). The minimum atomic E-state index is -0.178. The predicted octanol–water partition coefficient (Wildman–Crippen LogP) is 4.54. The van der Waals surface area contributed by atoms with Gasteiger partial charge in [-0.3, -0.25) is 9.59 Å². The molecule has 3 aromatic rings. The number of nitrogens with one attached hydrogen (secondary N) is 2. The minimum absolute atomic E-state index is 0.110. The molecule has 0 unspecified atom stereocenters. The Hall–Kier alpha value is -2.70. The van der Waals surface area contributed by atoms with E-state index in [0.717, 1.165) is 11.3 Å². The molecule has 0 radical (unpaired) electrons. The van der Waals surface area contributed by atoms with Crippen molar-refractivity contribution < 1.29 is 9.59 Å². The van der Waals surface area contributed by atoms with Crippen LogP contribution < -0.4 is 10.6 Å². The average Bonchev–Trinajstić information content (AvgIpc) is 3.13. The van der Waals surface area contributed by atoms with Gasteiger partial charge in [-0.05, 0) is 36.2 Å². The zero-order valence-corrected chi connectivity index (χ0v) is 16.7. The Bertz CT molecular complexity index is 926. The highest BCUT2D eigenvalue weighted by atomic mass is 35.5. The van der Waals surface area contributed by atoms with Crippen molar-refractivity contribution in [1.29, 1.82) is 0 Å². The topological polar surface area (TPSA) is 71.1 Å². The second-order valence-corrected chi connectivity index (χ2v) is 7.76. The van der Waals surface area contributed by atoms with Gasteiger partial charge in [0.05, 0.1) is 0 Å². The lowest BCUT2D eigenvalue weighted by Gasteiger charge is -2.05. The van der Waals surface area contributed by atoms with E-state index in [-0.39, 0.29) is 11.8 Å². The molecule has 0 atom stereocenters. The van der Waals surface area contributed by atoms with E-state index in [0.29, 0.717) is 35.1 Å². The number of hydrogen-bond acceptors (Lipinski definition) is 4. The van der Waals surface area contributed by atoms with Crippen LogP contribution in [0, 0.1) is 0 Å². The third-order valence-corrected chi connectivity index (χ3v) is 5.16. The van der Waals surface area contributed by atoms with Gasteiger partial charge in [-0.15, -0.1) is 11.3 Å². The number of nitrogens with zero attached hydrogens (tertiary/aromatic N) is 1. The second-order valence-electron chi connectivity index (χ2n) is 6.21. The third kappa shape index (κ3) is 6.18. The quantitative estimate of drug-likeness (QED) is 0.533. The van der Waals surface area contributed by atoms with Crippen molar-refractivity contribution in [3.05, 3.63) is 81.8 Å². The molecule has 2 amide bonds. The number of amides is 2. The molecule has 3 rings (SSSR count). The second kappa shape index (κ2) is 10.0. The fraction of sp³-hybridized carbons (Fsp3) is 0.190. The molecule has 0 fully saturated rings. The molecule has 0 saturated heterocycles. The van der Waals surface area contributed by atoms with Crippen molar-refractivity contribution in [2.24, 2.45) is 0 Å². The molecular weight excluding hydrogens is 394 g/mol. The normalized spacial score (nSPS) is 10.5. The fourth-order valence-corrected chi connectivity index (χ4v) is 3.57. The number of rotatable bonds is 8. The summed E-state index contributed by atoms with van der Waals surface area (Å²) in [6, 6.07) is 16.8. The lowest BCUT2D eigenvalue weighted by molar-refractivity contribution is -0.116. The van der Waals surface area contributed by atoms with Gasteiger partial charge < -0.3 is 10.6 Å². The van der Waals surface area contributed by atoms with Gasteiger partial charge >= 0.3 is 0 Å². The largest absolute Gasteiger partial charge is 0.352 e. The highest BCUT2D eigenvalue weighted by molar-refractivity contribution is 7.15. The number of carbonyl (C=O) groups is 2. The zero-order valence-electron chi connectivity index (χ0n) is 15.2. The van der Waals surface area contributed by atoms with Gasteiger partial charge in [0, 0.05) is 41.0 Å². The van der Waals surface area contributed by atoms with Gasteiger partial charge in [0.25, 0.3) is 5.91 Å². The Kier molecular flexibility index (Phi) is 7.17. The van der Waals surface area contributed by atoms with Crippen molar-refractivity contribution in [1.82, 2.24) is 10.3 Å². The van der Waals surface area contributed by atoms with E-state index in [1.54, 1.807) is 30.5 Å². The predicted molar refractivity (Wildman–Crippen MR) is 113 cm³/mol. The van der Waals surface area contributed by atoms with Crippen LogP contribution in [0.25, 0.3) is 0 Å². The van der Waals surface area contributed by atoms with Crippen molar-refractivity contribution in [3.8, 4) is 0 Å². The Morgan fingerprint density at radius 2 is 1.79 bits per heavy atom. The molecule has 0 saturated carbocycles. The van der Waals surface area contributed by atoms with E-state index in [4.69, 9.17) is 11.6 Å². The molecule has 144 valence electrons. The molecule has 28 heavy (non-hydrogen) atoms. The van der Waals surface area contributed by atoms with Gasteiger partial charge in [-0.2, -0.15) is 0 Å². The lowest BCUT2D eigenvalue weighted by Crippen LogP contribution is -2.25. The fourth-order valence-electron chi connectivity index (χ4n) is 2.58. The van der Waals surface area contributed by atoms with E-state index in [2.05, 4.69) is 27.8 Å². The van der Waals surface area contributed by atoms with Gasteiger partial charge in [0.2, 0.25) is 5.91 Å². The van der Waals surface area contributed by atoms with Crippen LogP contribution in [0.5, 0.6) is 0 Å².